The topological polar surface area (TPSA) is 53.1 Å². The minimum Gasteiger partial charge on any atom is -0.481 e. The van der Waals surface area contributed by atoms with Gasteiger partial charge in [-0.25, -0.2) is 8.78 Å². The molecule has 94 valence electrons. The Morgan fingerprint density at radius 3 is 2.67 bits per heavy atom. The number of hydrogen-bond donors (Lipinski definition) is 2. The number of rotatable bonds is 2. The summed E-state index contributed by atoms with van der Waals surface area (Å²) in [4.78, 5) is 14.0. The Kier molecular flexibility index (Phi) is 2.20. The fourth-order valence-corrected chi connectivity index (χ4v) is 2.67. The second kappa shape index (κ2) is 3.54. The van der Waals surface area contributed by atoms with Crippen LogP contribution in [0.2, 0.25) is 0 Å². The van der Waals surface area contributed by atoms with Gasteiger partial charge < -0.3 is 10.1 Å². The van der Waals surface area contributed by atoms with E-state index in [4.69, 9.17) is 0 Å². The molecule has 0 spiro atoms. The molecule has 1 aliphatic rings. The molecule has 2 N–H and O–H groups in total. The lowest BCUT2D eigenvalue weighted by Gasteiger charge is -2.38. The van der Waals surface area contributed by atoms with E-state index in [1.54, 1.807) is 6.07 Å². The highest BCUT2D eigenvalue weighted by atomic mass is 19.1. The van der Waals surface area contributed by atoms with Gasteiger partial charge in [0.05, 0.1) is 10.9 Å². The molecule has 0 unspecified atom stereocenters. The first-order chi connectivity index (χ1) is 8.56. The molecule has 0 bridgehead atoms. The number of H-pyrrole nitrogens is 1. The molecule has 1 aliphatic carbocycles. The quantitative estimate of drug-likeness (QED) is 0.862. The third-order valence-electron chi connectivity index (χ3n) is 3.83. The first-order valence-electron chi connectivity index (χ1n) is 5.75. The Hall–Kier alpha value is -1.91. The maximum Gasteiger partial charge on any atom is 0.314 e. The monoisotopic (exact) mass is 251 g/mol. The molecule has 1 aromatic carbocycles. The van der Waals surface area contributed by atoms with Crippen LogP contribution in [-0.4, -0.2) is 16.1 Å². The molecule has 0 atom stereocenters. The number of carbonyl (C=O) groups is 1. The number of hydrogen-bond acceptors (Lipinski definition) is 1. The average Bonchev–Trinajstić information content (AvgIpc) is 2.68. The van der Waals surface area contributed by atoms with E-state index < -0.39 is 23.0 Å². The second-order valence-electron chi connectivity index (χ2n) is 4.73. The fourth-order valence-electron chi connectivity index (χ4n) is 2.67. The number of halogens is 2. The van der Waals surface area contributed by atoms with Crippen LogP contribution in [0.5, 0.6) is 0 Å². The molecule has 0 amide bonds. The first-order valence-corrected chi connectivity index (χ1v) is 5.75. The van der Waals surface area contributed by atoms with Crippen molar-refractivity contribution in [2.75, 3.05) is 0 Å². The van der Waals surface area contributed by atoms with Crippen molar-refractivity contribution in [2.45, 2.75) is 24.7 Å². The Morgan fingerprint density at radius 1 is 1.39 bits per heavy atom. The molecule has 0 aliphatic heterocycles. The van der Waals surface area contributed by atoms with E-state index in [9.17, 15) is 18.7 Å². The highest BCUT2D eigenvalue weighted by Gasteiger charge is 2.49. The summed E-state index contributed by atoms with van der Waals surface area (Å²) < 4.78 is 28.3. The van der Waals surface area contributed by atoms with E-state index >= 15 is 0 Å². The van der Waals surface area contributed by atoms with Crippen molar-refractivity contribution in [3.8, 4) is 0 Å². The fraction of sp³-hybridized carbons (Fsp3) is 0.308. The van der Waals surface area contributed by atoms with Crippen molar-refractivity contribution in [3.63, 3.8) is 0 Å². The molecule has 5 heteroatoms. The zero-order valence-electron chi connectivity index (χ0n) is 9.46. The molecule has 0 radical (unpaired) electrons. The molecule has 2 aromatic rings. The SMILES string of the molecule is O=C(O)C1(c2c(F)cc3cc[nH]c3c2F)CCC1. The van der Waals surface area contributed by atoms with Gasteiger partial charge >= 0.3 is 5.97 Å². The summed E-state index contributed by atoms with van der Waals surface area (Å²) in [6.45, 7) is 0. The van der Waals surface area contributed by atoms with Gasteiger partial charge in [0.25, 0.3) is 0 Å². The van der Waals surface area contributed by atoms with Crippen LogP contribution in [0.1, 0.15) is 24.8 Å². The van der Waals surface area contributed by atoms with Gasteiger partial charge in [-0.05, 0) is 25.0 Å². The summed E-state index contributed by atoms with van der Waals surface area (Å²) in [5.74, 6) is -2.71. The number of carboxylic acids is 1. The third-order valence-corrected chi connectivity index (χ3v) is 3.83. The van der Waals surface area contributed by atoms with E-state index in [0.29, 0.717) is 11.8 Å². The number of nitrogens with one attached hydrogen (secondary N) is 1. The van der Waals surface area contributed by atoms with Crippen molar-refractivity contribution < 1.29 is 18.7 Å². The molecule has 1 aromatic heterocycles. The van der Waals surface area contributed by atoms with Crippen LogP contribution >= 0.6 is 0 Å². The van der Waals surface area contributed by atoms with Crippen molar-refractivity contribution in [2.24, 2.45) is 0 Å². The molecule has 0 saturated heterocycles. The molecule has 1 saturated carbocycles. The Labute approximate surface area is 101 Å². The van der Waals surface area contributed by atoms with Gasteiger partial charge in [-0.2, -0.15) is 0 Å². The number of carboxylic acid groups (broad SMARTS) is 1. The summed E-state index contributed by atoms with van der Waals surface area (Å²) in [5, 5.41) is 9.68. The number of aromatic amines is 1. The Bertz CT molecular complexity index is 644. The molecule has 3 nitrogen and oxygen atoms in total. The molecular formula is C13H11F2NO2. The van der Waals surface area contributed by atoms with E-state index in [1.807, 2.05) is 0 Å². The summed E-state index contributed by atoms with van der Waals surface area (Å²) in [7, 11) is 0. The lowest BCUT2D eigenvalue weighted by Crippen LogP contribution is -2.43. The van der Waals surface area contributed by atoms with Crippen molar-refractivity contribution >= 4 is 16.9 Å². The van der Waals surface area contributed by atoms with Crippen LogP contribution in [0.25, 0.3) is 10.9 Å². The van der Waals surface area contributed by atoms with Crippen LogP contribution in [0.3, 0.4) is 0 Å². The van der Waals surface area contributed by atoms with Gasteiger partial charge in [0.15, 0.2) is 5.82 Å². The highest BCUT2D eigenvalue weighted by molar-refractivity contribution is 5.87. The highest BCUT2D eigenvalue weighted by Crippen LogP contribution is 2.47. The van der Waals surface area contributed by atoms with Crippen molar-refractivity contribution in [3.05, 3.63) is 35.5 Å². The second-order valence-corrected chi connectivity index (χ2v) is 4.73. The zero-order chi connectivity index (χ0) is 12.9. The van der Waals surface area contributed by atoms with Gasteiger partial charge in [-0.1, -0.05) is 6.42 Å². The van der Waals surface area contributed by atoms with E-state index in [0.717, 1.165) is 0 Å². The summed E-state index contributed by atoms with van der Waals surface area (Å²) in [6.07, 6.45) is 2.74. The molecule has 1 fully saturated rings. The van der Waals surface area contributed by atoms with Crippen LogP contribution in [0.4, 0.5) is 8.78 Å². The molecule has 18 heavy (non-hydrogen) atoms. The maximum absolute atomic E-state index is 14.3. The lowest BCUT2D eigenvalue weighted by molar-refractivity contribution is -0.147. The maximum atomic E-state index is 14.3. The number of benzene rings is 1. The predicted octanol–water partition coefficient (Wildman–Crippen LogP) is 2.95. The standard InChI is InChI=1S/C13H11F2NO2/c14-8-6-7-2-5-16-11(7)10(15)9(8)13(12(17)18)3-1-4-13/h2,5-6,16H,1,3-4H2,(H,17,18). The van der Waals surface area contributed by atoms with Crippen LogP contribution < -0.4 is 0 Å². The van der Waals surface area contributed by atoms with Crippen molar-refractivity contribution in [1.29, 1.82) is 0 Å². The van der Waals surface area contributed by atoms with Gasteiger partial charge in [0.2, 0.25) is 0 Å². The third kappa shape index (κ3) is 1.24. The minimum atomic E-state index is -1.40. The normalized spacial score (nSPS) is 17.7. The number of fused-ring (bicyclic) bond motifs is 1. The molecule has 3 rings (SSSR count). The van der Waals surface area contributed by atoms with Crippen molar-refractivity contribution in [1.82, 2.24) is 4.98 Å². The van der Waals surface area contributed by atoms with Crippen LogP contribution in [0, 0.1) is 11.6 Å². The Balaban J connectivity index is 2.31. The summed E-state index contributed by atoms with van der Waals surface area (Å²) in [6, 6.07) is 2.74. The minimum absolute atomic E-state index is 0.166. The average molecular weight is 251 g/mol. The number of aliphatic carboxylic acids is 1. The van der Waals surface area contributed by atoms with Crippen LogP contribution in [-0.2, 0) is 10.2 Å². The van der Waals surface area contributed by atoms with E-state index in [-0.39, 0.29) is 23.9 Å². The Morgan fingerprint density at radius 2 is 2.11 bits per heavy atom. The van der Waals surface area contributed by atoms with Gasteiger partial charge in [-0.3, -0.25) is 4.79 Å². The first kappa shape index (κ1) is 11.2. The van der Waals surface area contributed by atoms with Gasteiger partial charge in [-0.15, -0.1) is 0 Å². The molecule has 1 heterocycles. The predicted molar refractivity (Wildman–Crippen MR) is 61.4 cm³/mol. The van der Waals surface area contributed by atoms with Crippen LogP contribution in [0.15, 0.2) is 18.3 Å². The van der Waals surface area contributed by atoms with E-state index in [1.165, 1.54) is 12.3 Å². The van der Waals surface area contributed by atoms with E-state index in [2.05, 4.69) is 4.98 Å². The van der Waals surface area contributed by atoms with Gasteiger partial charge in [0, 0.05) is 17.1 Å². The van der Waals surface area contributed by atoms with Gasteiger partial charge in [0.1, 0.15) is 5.82 Å². The zero-order valence-corrected chi connectivity index (χ0v) is 9.46. The largest absolute Gasteiger partial charge is 0.481 e. The summed E-state index contributed by atoms with van der Waals surface area (Å²) >= 11 is 0. The molecular weight excluding hydrogens is 240 g/mol. The smallest absolute Gasteiger partial charge is 0.314 e. The summed E-state index contributed by atoms with van der Waals surface area (Å²) in [5.41, 5.74) is -1.54. The number of aromatic nitrogens is 1. The lowest BCUT2D eigenvalue weighted by atomic mass is 9.64.